The number of carbonyl (C=O) groups is 1. The van der Waals surface area contributed by atoms with Gasteiger partial charge in [-0.3, -0.25) is 0 Å². The molecule has 2 aromatic carbocycles. The fourth-order valence-corrected chi connectivity index (χ4v) is 2.13. The first-order chi connectivity index (χ1) is 9.61. The maximum atomic E-state index is 11.2. The Labute approximate surface area is 119 Å². The number of aromatic carboxylic acids is 1. The normalized spacial score (nSPS) is 10.8. The molecule has 3 heteroatoms. The molecule has 0 aliphatic rings. The summed E-state index contributed by atoms with van der Waals surface area (Å²) in [7, 11) is 2.08. The lowest BCUT2D eigenvalue weighted by atomic mass is 9.99. The summed E-state index contributed by atoms with van der Waals surface area (Å²) in [5.74, 6) is -0.893. The van der Waals surface area contributed by atoms with Gasteiger partial charge in [-0.2, -0.15) is 0 Å². The summed E-state index contributed by atoms with van der Waals surface area (Å²) in [6.45, 7) is 4.03. The summed E-state index contributed by atoms with van der Waals surface area (Å²) in [6, 6.07) is 15.2. The highest BCUT2D eigenvalue weighted by Crippen LogP contribution is 2.24. The van der Waals surface area contributed by atoms with Gasteiger partial charge >= 0.3 is 5.97 Å². The van der Waals surface area contributed by atoms with Crippen molar-refractivity contribution in [3.63, 3.8) is 0 Å². The predicted molar refractivity (Wildman–Crippen MR) is 80.8 cm³/mol. The van der Waals surface area contributed by atoms with Gasteiger partial charge in [0.05, 0.1) is 5.56 Å². The molecule has 0 fully saturated rings. The highest BCUT2D eigenvalue weighted by atomic mass is 16.4. The van der Waals surface area contributed by atoms with Crippen LogP contribution in [-0.2, 0) is 6.54 Å². The van der Waals surface area contributed by atoms with Crippen LogP contribution in [0.1, 0.15) is 22.8 Å². The number of nitrogens with zero attached hydrogens (tertiary/aromatic N) is 1. The largest absolute Gasteiger partial charge is 0.478 e. The molecule has 20 heavy (non-hydrogen) atoms. The van der Waals surface area contributed by atoms with E-state index < -0.39 is 5.97 Å². The molecule has 1 N–H and O–H groups in total. The molecule has 0 aliphatic carbocycles. The van der Waals surface area contributed by atoms with Crippen molar-refractivity contribution in [2.24, 2.45) is 0 Å². The standard InChI is InChI=1S/C17H19NO2/c1-3-18(2)12-13-8-10-14(11-9-13)15-6-4-5-7-16(15)17(19)20/h4-11H,3,12H2,1-2H3,(H,19,20). The van der Waals surface area contributed by atoms with Crippen molar-refractivity contribution in [2.75, 3.05) is 13.6 Å². The Kier molecular flexibility index (Phi) is 4.53. The molecule has 0 saturated heterocycles. The molecule has 0 aliphatic heterocycles. The van der Waals surface area contributed by atoms with Gasteiger partial charge in [-0.25, -0.2) is 4.79 Å². The lowest BCUT2D eigenvalue weighted by molar-refractivity contribution is 0.0697. The highest BCUT2D eigenvalue weighted by molar-refractivity contribution is 5.95. The van der Waals surface area contributed by atoms with E-state index in [2.05, 4.69) is 31.0 Å². The summed E-state index contributed by atoms with van der Waals surface area (Å²) in [6.07, 6.45) is 0. The van der Waals surface area contributed by atoms with Crippen molar-refractivity contribution >= 4 is 5.97 Å². The first-order valence-corrected chi connectivity index (χ1v) is 6.72. The van der Waals surface area contributed by atoms with Gasteiger partial charge in [-0.15, -0.1) is 0 Å². The second-order valence-electron chi connectivity index (χ2n) is 4.88. The quantitative estimate of drug-likeness (QED) is 0.903. The average Bonchev–Trinajstić information content (AvgIpc) is 2.48. The first kappa shape index (κ1) is 14.3. The Balaban J connectivity index is 2.29. The topological polar surface area (TPSA) is 40.5 Å². The SMILES string of the molecule is CCN(C)Cc1ccc(-c2ccccc2C(=O)O)cc1. The zero-order chi connectivity index (χ0) is 14.5. The van der Waals surface area contributed by atoms with Gasteiger partial charge in [-0.1, -0.05) is 49.4 Å². The van der Waals surface area contributed by atoms with Crippen molar-refractivity contribution in [3.05, 3.63) is 59.7 Å². The van der Waals surface area contributed by atoms with Crippen molar-refractivity contribution in [2.45, 2.75) is 13.5 Å². The Bertz CT molecular complexity index is 590. The first-order valence-electron chi connectivity index (χ1n) is 6.72. The Hall–Kier alpha value is -2.13. The van der Waals surface area contributed by atoms with Crippen LogP contribution in [-0.4, -0.2) is 29.6 Å². The molecule has 104 valence electrons. The fourth-order valence-electron chi connectivity index (χ4n) is 2.13. The second-order valence-corrected chi connectivity index (χ2v) is 4.88. The molecular formula is C17H19NO2. The smallest absolute Gasteiger partial charge is 0.336 e. The number of hydrogen-bond donors (Lipinski definition) is 1. The highest BCUT2D eigenvalue weighted by Gasteiger charge is 2.10. The number of rotatable bonds is 5. The fraction of sp³-hybridized carbons (Fsp3) is 0.235. The molecule has 2 aromatic rings. The van der Waals surface area contributed by atoms with E-state index in [0.717, 1.165) is 24.2 Å². The Morgan fingerprint density at radius 3 is 2.35 bits per heavy atom. The van der Waals surface area contributed by atoms with Gasteiger partial charge in [0.25, 0.3) is 0 Å². The van der Waals surface area contributed by atoms with Crippen LogP contribution in [0.3, 0.4) is 0 Å². The summed E-state index contributed by atoms with van der Waals surface area (Å²) >= 11 is 0. The van der Waals surface area contributed by atoms with Crippen molar-refractivity contribution in [1.29, 1.82) is 0 Å². The molecule has 0 heterocycles. The van der Waals surface area contributed by atoms with Crippen molar-refractivity contribution in [3.8, 4) is 11.1 Å². The lowest BCUT2D eigenvalue weighted by Gasteiger charge is -2.14. The van der Waals surface area contributed by atoms with E-state index >= 15 is 0 Å². The van der Waals surface area contributed by atoms with Crippen molar-refractivity contribution < 1.29 is 9.90 Å². The molecule has 0 amide bonds. The zero-order valence-electron chi connectivity index (χ0n) is 11.8. The van der Waals surface area contributed by atoms with Crippen LogP contribution in [0, 0.1) is 0 Å². The average molecular weight is 269 g/mol. The minimum atomic E-state index is -0.893. The second kappa shape index (κ2) is 6.35. The molecular weight excluding hydrogens is 250 g/mol. The van der Waals surface area contributed by atoms with Gasteiger partial charge in [-0.05, 0) is 36.3 Å². The third-order valence-corrected chi connectivity index (χ3v) is 3.41. The van der Waals surface area contributed by atoms with E-state index in [9.17, 15) is 9.90 Å². The predicted octanol–water partition coefficient (Wildman–Crippen LogP) is 3.50. The molecule has 2 rings (SSSR count). The van der Waals surface area contributed by atoms with E-state index in [0.29, 0.717) is 5.56 Å². The van der Waals surface area contributed by atoms with Gasteiger partial charge in [0.1, 0.15) is 0 Å². The number of carboxylic acid groups (broad SMARTS) is 1. The van der Waals surface area contributed by atoms with E-state index in [1.54, 1.807) is 12.1 Å². The molecule has 0 atom stereocenters. The molecule has 3 nitrogen and oxygen atoms in total. The summed E-state index contributed by atoms with van der Waals surface area (Å²) < 4.78 is 0. The van der Waals surface area contributed by atoms with E-state index in [-0.39, 0.29) is 0 Å². The zero-order valence-corrected chi connectivity index (χ0v) is 11.8. The summed E-state index contributed by atoms with van der Waals surface area (Å²) in [4.78, 5) is 13.5. The summed E-state index contributed by atoms with van der Waals surface area (Å²) in [5, 5.41) is 9.23. The monoisotopic (exact) mass is 269 g/mol. The number of benzene rings is 2. The van der Waals surface area contributed by atoms with Crippen LogP contribution in [0.25, 0.3) is 11.1 Å². The third kappa shape index (κ3) is 3.25. The van der Waals surface area contributed by atoms with Gasteiger partial charge in [0, 0.05) is 6.54 Å². The van der Waals surface area contributed by atoms with Crippen LogP contribution in [0.2, 0.25) is 0 Å². The minimum absolute atomic E-state index is 0.339. The van der Waals surface area contributed by atoms with Crippen LogP contribution in [0.4, 0.5) is 0 Å². The van der Waals surface area contributed by atoms with Crippen LogP contribution in [0.5, 0.6) is 0 Å². The molecule has 0 bridgehead atoms. The van der Waals surface area contributed by atoms with Gasteiger partial charge in [0.2, 0.25) is 0 Å². The van der Waals surface area contributed by atoms with E-state index in [1.807, 2.05) is 24.3 Å². The lowest BCUT2D eigenvalue weighted by Crippen LogP contribution is -2.16. The van der Waals surface area contributed by atoms with Gasteiger partial charge in [0.15, 0.2) is 0 Å². The van der Waals surface area contributed by atoms with E-state index in [4.69, 9.17) is 0 Å². The van der Waals surface area contributed by atoms with Crippen LogP contribution in [0.15, 0.2) is 48.5 Å². The summed E-state index contributed by atoms with van der Waals surface area (Å²) in [5.41, 5.74) is 3.26. The molecule has 0 saturated carbocycles. The molecule has 0 aromatic heterocycles. The maximum absolute atomic E-state index is 11.2. The van der Waals surface area contributed by atoms with Crippen molar-refractivity contribution in [1.82, 2.24) is 4.90 Å². The Morgan fingerprint density at radius 2 is 1.75 bits per heavy atom. The van der Waals surface area contributed by atoms with Crippen LogP contribution >= 0.6 is 0 Å². The number of carboxylic acids is 1. The third-order valence-electron chi connectivity index (χ3n) is 3.41. The maximum Gasteiger partial charge on any atom is 0.336 e. The van der Waals surface area contributed by atoms with Gasteiger partial charge < -0.3 is 10.0 Å². The molecule has 0 unspecified atom stereocenters. The Morgan fingerprint density at radius 1 is 1.10 bits per heavy atom. The van der Waals surface area contributed by atoms with Crippen LogP contribution < -0.4 is 0 Å². The number of hydrogen-bond acceptors (Lipinski definition) is 2. The van der Waals surface area contributed by atoms with E-state index in [1.165, 1.54) is 5.56 Å². The minimum Gasteiger partial charge on any atom is -0.478 e. The molecule has 0 spiro atoms. The molecule has 0 radical (unpaired) electrons.